The van der Waals surface area contributed by atoms with Crippen molar-refractivity contribution in [3.8, 4) is 11.8 Å². The number of anilines is 1. The number of rotatable bonds is 5. The Labute approximate surface area is 192 Å². The van der Waals surface area contributed by atoms with Gasteiger partial charge >= 0.3 is 0 Å². The van der Waals surface area contributed by atoms with Gasteiger partial charge in [-0.25, -0.2) is 9.97 Å². The predicted molar refractivity (Wildman–Crippen MR) is 127 cm³/mol. The van der Waals surface area contributed by atoms with Crippen molar-refractivity contribution in [2.24, 2.45) is 0 Å². The molecule has 33 heavy (non-hydrogen) atoms. The minimum Gasteiger partial charge on any atom is -0.383 e. The lowest BCUT2D eigenvalue weighted by molar-refractivity contribution is -0.126. The Morgan fingerprint density at radius 2 is 2.06 bits per heavy atom. The molecular weight excluding hydrogens is 416 g/mol. The van der Waals surface area contributed by atoms with E-state index in [0.717, 1.165) is 5.56 Å². The standard InChI is InChI=1S/C25H26N6O2/c1-4-9-19-21(25(33)27-13-17-10-7-6-8-11-17)22-23(26)28-15-29-24(22)31(19)18-12-16(3)30(14-18)20(32)5-2/h5-8,10-11,15-16,18H,2,12-14H2,1,3H3,(H,27,33)(H2,26,28,29)/t16-,18?/m0/s1. The minimum absolute atomic E-state index is 0.00919. The maximum atomic E-state index is 13.4. The second-order valence-corrected chi connectivity index (χ2v) is 8.03. The molecule has 2 atom stereocenters. The molecule has 1 aliphatic heterocycles. The number of carbonyl (C=O) groups excluding carboxylic acids is 2. The molecule has 3 N–H and O–H groups in total. The van der Waals surface area contributed by atoms with Crippen molar-refractivity contribution in [1.29, 1.82) is 0 Å². The average molecular weight is 443 g/mol. The van der Waals surface area contributed by atoms with E-state index in [0.29, 0.717) is 41.8 Å². The van der Waals surface area contributed by atoms with Gasteiger partial charge in [-0.05, 0) is 37.8 Å². The zero-order valence-electron chi connectivity index (χ0n) is 18.7. The third-order valence-corrected chi connectivity index (χ3v) is 5.95. The van der Waals surface area contributed by atoms with Crippen molar-refractivity contribution in [3.05, 3.63) is 66.1 Å². The Morgan fingerprint density at radius 3 is 2.76 bits per heavy atom. The van der Waals surface area contributed by atoms with Crippen molar-refractivity contribution < 1.29 is 9.59 Å². The van der Waals surface area contributed by atoms with E-state index in [1.165, 1.54) is 12.4 Å². The molecule has 3 aromatic rings. The normalized spacial score (nSPS) is 17.5. The number of nitrogens with one attached hydrogen (secondary N) is 1. The molecule has 2 amide bonds. The predicted octanol–water partition coefficient (Wildman–Crippen LogP) is 2.66. The molecule has 0 bridgehead atoms. The van der Waals surface area contributed by atoms with Gasteiger partial charge in [-0.3, -0.25) is 9.59 Å². The third-order valence-electron chi connectivity index (χ3n) is 5.95. The van der Waals surface area contributed by atoms with Gasteiger partial charge in [0.1, 0.15) is 23.5 Å². The first-order chi connectivity index (χ1) is 16.0. The molecule has 168 valence electrons. The highest BCUT2D eigenvalue weighted by atomic mass is 16.2. The summed E-state index contributed by atoms with van der Waals surface area (Å²) in [5.74, 6) is 5.80. The van der Waals surface area contributed by atoms with Gasteiger partial charge in [0.15, 0.2) is 0 Å². The highest BCUT2D eigenvalue weighted by Crippen LogP contribution is 2.36. The van der Waals surface area contributed by atoms with E-state index < -0.39 is 0 Å². The number of carbonyl (C=O) groups is 2. The fraction of sp³-hybridized carbons (Fsp3) is 0.280. The molecule has 1 aromatic carbocycles. The van der Waals surface area contributed by atoms with E-state index >= 15 is 0 Å². The van der Waals surface area contributed by atoms with Crippen LogP contribution in [0.25, 0.3) is 11.0 Å². The number of amides is 2. The number of nitrogens with two attached hydrogens (primary N) is 1. The monoisotopic (exact) mass is 442 g/mol. The van der Waals surface area contributed by atoms with Crippen LogP contribution in [0.2, 0.25) is 0 Å². The van der Waals surface area contributed by atoms with Gasteiger partial charge in [-0.2, -0.15) is 0 Å². The lowest BCUT2D eigenvalue weighted by atomic mass is 10.1. The molecule has 1 saturated heterocycles. The first-order valence-corrected chi connectivity index (χ1v) is 10.8. The number of hydrogen-bond donors (Lipinski definition) is 2. The van der Waals surface area contributed by atoms with Gasteiger partial charge in [0.2, 0.25) is 5.91 Å². The lowest BCUT2D eigenvalue weighted by Gasteiger charge is -2.19. The Morgan fingerprint density at radius 1 is 1.30 bits per heavy atom. The Bertz CT molecular complexity index is 1280. The Kier molecular flexibility index (Phi) is 6.13. The van der Waals surface area contributed by atoms with E-state index in [1.54, 1.807) is 11.8 Å². The molecule has 2 aromatic heterocycles. The van der Waals surface area contributed by atoms with Crippen LogP contribution in [-0.2, 0) is 11.3 Å². The van der Waals surface area contributed by atoms with E-state index in [2.05, 4.69) is 33.7 Å². The smallest absolute Gasteiger partial charge is 0.255 e. The lowest BCUT2D eigenvalue weighted by Crippen LogP contribution is -2.32. The van der Waals surface area contributed by atoms with Crippen molar-refractivity contribution >= 4 is 28.7 Å². The van der Waals surface area contributed by atoms with E-state index in [1.807, 2.05) is 41.8 Å². The summed E-state index contributed by atoms with van der Waals surface area (Å²) >= 11 is 0. The molecule has 0 radical (unpaired) electrons. The maximum absolute atomic E-state index is 13.4. The van der Waals surface area contributed by atoms with Gasteiger partial charge in [0.05, 0.1) is 17.0 Å². The van der Waals surface area contributed by atoms with Gasteiger partial charge in [0.25, 0.3) is 5.91 Å². The first-order valence-electron chi connectivity index (χ1n) is 10.8. The molecular formula is C25H26N6O2. The summed E-state index contributed by atoms with van der Waals surface area (Å²) in [5, 5.41) is 3.45. The summed E-state index contributed by atoms with van der Waals surface area (Å²) < 4.78 is 1.94. The first kappa shape index (κ1) is 22.1. The zero-order chi connectivity index (χ0) is 23.5. The van der Waals surface area contributed by atoms with Crippen LogP contribution in [0.3, 0.4) is 0 Å². The third kappa shape index (κ3) is 4.05. The van der Waals surface area contributed by atoms with Crippen LogP contribution in [0.1, 0.15) is 47.9 Å². The van der Waals surface area contributed by atoms with Crippen molar-refractivity contribution in [2.45, 2.75) is 38.9 Å². The number of aromatic nitrogens is 3. The van der Waals surface area contributed by atoms with Gasteiger partial charge in [0, 0.05) is 19.1 Å². The molecule has 1 unspecified atom stereocenters. The number of likely N-dealkylation sites (tertiary alicyclic amines) is 1. The highest BCUT2D eigenvalue weighted by Gasteiger charge is 2.36. The Balaban J connectivity index is 1.81. The van der Waals surface area contributed by atoms with Crippen molar-refractivity contribution in [3.63, 3.8) is 0 Å². The largest absolute Gasteiger partial charge is 0.383 e. The average Bonchev–Trinajstić information content (AvgIpc) is 3.36. The van der Waals surface area contributed by atoms with E-state index in [-0.39, 0.29) is 29.7 Å². The van der Waals surface area contributed by atoms with E-state index in [4.69, 9.17) is 5.73 Å². The second-order valence-electron chi connectivity index (χ2n) is 8.03. The number of nitrogen functional groups attached to an aromatic ring is 1. The molecule has 4 rings (SSSR count). The quantitative estimate of drug-likeness (QED) is 0.467. The van der Waals surface area contributed by atoms with Crippen LogP contribution in [0.4, 0.5) is 5.82 Å². The summed E-state index contributed by atoms with van der Waals surface area (Å²) in [5.41, 5.74) is 8.63. The zero-order valence-corrected chi connectivity index (χ0v) is 18.7. The minimum atomic E-state index is -0.299. The molecule has 1 fully saturated rings. The number of hydrogen-bond acceptors (Lipinski definition) is 5. The van der Waals surface area contributed by atoms with Gasteiger partial charge < -0.3 is 20.5 Å². The summed E-state index contributed by atoms with van der Waals surface area (Å²) in [7, 11) is 0. The topological polar surface area (TPSA) is 106 Å². The van der Waals surface area contributed by atoms with Crippen LogP contribution >= 0.6 is 0 Å². The molecule has 0 aliphatic carbocycles. The SMILES string of the molecule is C=CC(=O)N1CC(n2c(C#CC)c(C(=O)NCc3ccccc3)c3c(N)ncnc32)C[C@@H]1C. The molecule has 8 heteroatoms. The summed E-state index contributed by atoms with van der Waals surface area (Å²) in [4.78, 5) is 36.1. The van der Waals surface area contributed by atoms with Crippen LogP contribution in [-0.4, -0.2) is 43.8 Å². The fourth-order valence-electron chi connectivity index (χ4n) is 4.46. The maximum Gasteiger partial charge on any atom is 0.255 e. The van der Waals surface area contributed by atoms with Crippen LogP contribution in [0.15, 0.2) is 49.3 Å². The number of fused-ring (bicyclic) bond motifs is 1. The molecule has 0 spiro atoms. The van der Waals surface area contributed by atoms with Crippen LogP contribution < -0.4 is 11.1 Å². The summed E-state index contributed by atoms with van der Waals surface area (Å²) in [6.07, 6.45) is 3.40. The van der Waals surface area contributed by atoms with Gasteiger partial charge in [-0.1, -0.05) is 42.8 Å². The van der Waals surface area contributed by atoms with Gasteiger partial charge in [-0.15, -0.1) is 0 Å². The van der Waals surface area contributed by atoms with Crippen LogP contribution in [0.5, 0.6) is 0 Å². The number of benzene rings is 1. The van der Waals surface area contributed by atoms with Crippen LogP contribution in [0, 0.1) is 11.8 Å². The molecule has 1 aliphatic rings. The second kappa shape index (κ2) is 9.17. The number of nitrogens with zero attached hydrogens (tertiary/aromatic N) is 4. The fourth-order valence-corrected chi connectivity index (χ4v) is 4.46. The highest BCUT2D eigenvalue weighted by molar-refractivity contribution is 6.11. The molecule has 3 heterocycles. The Hall–Kier alpha value is -4.12. The van der Waals surface area contributed by atoms with E-state index in [9.17, 15) is 9.59 Å². The molecule has 8 nitrogen and oxygen atoms in total. The van der Waals surface area contributed by atoms with Crippen molar-refractivity contribution in [2.75, 3.05) is 12.3 Å². The molecule has 0 saturated carbocycles. The summed E-state index contributed by atoms with van der Waals surface area (Å²) in [6, 6.07) is 9.55. The van der Waals surface area contributed by atoms with Crippen molar-refractivity contribution in [1.82, 2.24) is 24.8 Å². The summed E-state index contributed by atoms with van der Waals surface area (Å²) in [6.45, 7) is 8.14.